The van der Waals surface area contributed by atoms with Crippen molar-refractivity contribution in [1.29, 1.82) is 0 Å². The van der Waals surface area contributed by atoms with Gasteiger partial charge in [0.2, 0.25) is 0 Å². The number of aliphatic hydroxyl groups is 1. The zero-order valence-corrected chi connectivity index (χ0v) is 23.8. The van der Waals surface area contributed by atoms with Crippen LogP contribution in [0.4, 0.5) is 0 Å². The Balaban J connectivity index is 1.59. The van der Waals surface area contributed by atoms with Gasteiger partial charge in [-0.1, -0.05) is 66.5 Å². The number of hydrogen-bond acceptors (Lipinski definition) is 2. The second-order valence-corrected chi connectivity index (χ2v) is 15.4. The maximum absolute atomic E-state index is 11.3. The first-order valence-corrected chi connectivity index (χ1v) is 14.9. The molecule has 5 aliphatic carbocycles. The minimum atomic E-state index is -0.372. The van der Waals surface area contributed by atoms with Gasteiger partial charge < -0.3 is 10.8 Å². The van der Waals surface area contributed by atoms with Crippen LogP contribution in [0.15, 0.2) is 11.1 Å². The first kappa shape index (κ1) is 25.3. The average molecular weight is 470 g/mol. The van der Waals surface area contributed by atoms with Gasteiger partial charge >= 0.3 is 0 Å². The van der Waals surface area contributed by atoms with Gasteiger partial charge in [-0.3, -0.25) is 0 Å². The standard InChI is InChI=1S/C32H55NO/c1-20(2)22-12-16-32(26(34)19-33)18-17-30(7)23(27(22)32)9-10-25-29(6)14-11-21(3)28(4,5)24(29)13-15-31(25,30)8/h20-21,23-26,34H,9-19,33H2,1-8H3/t21-,23+,24+,25+,26?,29-,30+,31+,32+/m0/s1. The summed E-state index contributed by atoms with van der Waals surface area (Å²) in [5.74, 6) is 3.76. The van der Waals surface area contributed by atoms with E-state index in [2.05, 4.69) is 55.4 Å². The summed E-state index contributed by atoms with van der Waals surface area (Å²) >= 11 is 0. The number of aliphatic hydroxyl groups excluding tert-OH is 1. The van der Waals surface area contributed by atoms with Crippen molar-refractivity contribution in [2.45, 2.75) is 126 Å². The third kappa shape index (κ3) is 2.94. The molecule has 2 heteroatoms. The molecule has 0 aromatic heterocycles. The summed E-state index contributed by atoms with van der Waals surface area (Å²) in [6, 6.07) is 0. The van der Waals surface area contributed by atoms with Crippen molar-refractivity contribution < 1.29 is 5.11 Å². The van der Waals surface area contributed by atoms with E-state index in [1.807, 2.05) is 0 Å². The zero-order chi connectivity index (χ0) is 24.9. The predicted molar refractivity (Wildman–Crippen MR) is 143 cm³/mol. The largest absolute Gasteiger partial charge is 0.391 e. The van der Waals surface area contributed by atoms with Crippen molar-refractivity contribution >= 4 is 0 Å². The van der Waals surface area contributed by atoms with Gasteiger partial charge in [-0.15, -0.1) is 0 Å². The molecular weight excluding hydrogens is 414 g/mol. The second-order valence-electron chi connectivity index (χ2n) is 15.4. The lowest BCUT2D eigenvalue weighted by atomic mass is 9.32. The Morgan fingerprint density at radius 1 is 0.853 bits per heavy atom. The Labute approximate surface area is 210 Å². The van der Waals surface area contributed by atoms with E-state index in [9.17, 15) is 5.11 Å². The summed E-state index contributed by atoms with van der Waals surface area (Å²) < 4.78 is 0. The van der Waals surface area contributed by atoms with Gasteiger partial charge in [-0.2, -0.15) is 0 Å². The number of hydrogen-bond donors (Lipinski definition) is 2. The van der Waals surface area contributed by atoms with Crippen molar-refractivity contribution in [3.05, 3.63) is 11.1 Å². The molecule has 0 bridgehead atoms. The van der Waals surface area contributed by atoms with Crippen molar-refractivity contribution in [3.8, 4) is 0 Å². The highest BCUT2D eigenvalue weighted by atomic mass is 16.3. The Bertz CT molecular complexity index is 857. The molecule has 194 valence electrons. The van der Waals surface area contributed by atoms with E-state index in [-0.39, 0.29) is 11.5 Å². The molecule has 4 fully saturated rings. The molecule has 5 aliphatic rings. The summed E-state index contributed by atoms with van der Waals surface area (Å²) in [6.07, 6.45) is 12.7. The van der Waals surface area contributed by atoms with Crippen molar-refractivity contribution in [3.63, 3.8) is 0 Å². The Morgan fingerprint density at radius 3 is 2.21 bits per heavy atom. The van der Waals surface area contributed by atoms with E-state index in [4.69, 9.17) is 5.73 Å². The van der Waals surface area contributed by atoms with Gasteiger partial charge in [-0.05, 0) is 115 Å². The lowest BCUT2D eigenvalue weighted by Crippen LogP contribution is -2.65. The highest BCUT2D eigenvalue weighted by Crippen LogP contribution is 2.77. The molecule has 4 saturated carbocycles. The molecule has 2 nitrogen and oxygen atoms in total. The van der Waals surface area contributed by atoms with Crippen LogP contribution in [0.25, 0.3) is 0 Å². The molecule has 0 saturated heterocycles. The molecule has 5 rings (SSSR count). The van der Waals surface area contributed by atoms with Crippen molar-refractivity contribution in [2.24, 2.45) is 62.4 Å². The molecule has 0 radical (unpaired) electrons. The highest BCUT2D eigenvalue weighted by Gasteiger charge is 2.69. The molecule has 34 heavy (non-hydrogen) atoms. The Kier molecular flexibility index (Phi) is 5.83. The number of nitrogens with two attached hydrogens (primary N) is 1. The van der Waals surface area contributed by atoms with Crippen molar-refractivity contribution in [2.75, 3.05) is 6.54 Å². The predicted octanol–water partition coefficient (Wildman–Crippen LogP) is 7.74. The second kappa shape index (κ2) is 7.83. The van der Waals surface area contributed by atoms with E-state index >= 15 is 0 Å². The molecule has 0 spiro atoms. The molecule has 0 aromatic carbocycles. The third-order valence-electron chi connectivity index (χ3n) is 14.1. The van der Waals surface area contributed by atoms with Gasteiger partial charge in [0.25, 0.3) is 0 Å². The lowest BCUT2D eigenvalue weighted by Gasteiger charge is -2.72. The van der Waals surface area contributed by atoms with Crippen LogP contribution in [0, 0.1) is 56.7 Å². The van der Waals surface area contributed by atoms with Gasteiger partial charge in [0.15, 0.2) is 0 Å². The van der Waals surface area contributed by atoms with Gasteiger partial charge in [0.1, 0.15) is 0 Å². The molecule has 0 aliphatic heterocycles. The molecule has 9 atom stereocenters. The van der Waals surface area contributed by atoms with Crippen molar-refractivity contribution in [1.82, 2.24) is 0 Å². The minimum Gasteiger partial charge on any atom is -0.391 e. The van der Waals surface area contributed by atoms with Crippen LogP contribution in [0.1, 0.15) is 120 Å². The number of fused-ring (bicyclic) bond motifs is 7. The van der Waals surface area contributed by atoms with E-state index < -0.39 is 0 Å². The van der Waals surface area contributed by atoms with Crippen LogP contribution < -0.4 is 5.73 Å². The summed E-state index contributed by atoms with van der Waals surface area (Å²) in [7, 11) is 0. The van der Waals surface area contributed by atoms with E-state index in [0.717, 1.165) is 30.6 Å². The Hall–Kier alpha value is -0.340. The van der Waals surface area contributed by atoms with E-state index in [0.29, 0.717) is 40.0 Å². The summed E-state index contributed by atoms with van der Waals surface area (Å²) in [5, 5.41) is 11.3. The maximum Gasteiger partial charge on any atom is 0.0755 e. The van der Waals surface area contributed by atoms with E-state index in [1.165, 1.54) is 51.4 Å². The van der Waals surface area contributed by atoms with Crippen LogP contribution in [0.3, 0.4) is 0 Å². The van der Waals surface area contributed by atoms with Gasteiger partial charge in [0.05, 0.1) is 6.10 Å². The molecule has 0 amide bonds. The molecular formula is C32H55NO. The fraction of sp³-hybridized carbons (Fsp3) is 0.938. The topological polar surface area (TPSA) is 46.2 Å². The lowest BCUT2D eigenvalue weighted by molar-refractivity contribution is -0.222. The fourth-order valence-corrected chi connectivity index (χ4v) is 11.6. The fourth-order valence-electron chi connectivity index (χ4n) is 11.6. The SMILES string of the molecule is CC(C)C1=C2[C@H]3CC[C@@H]4[C@@]5(C)CC[C@H](C)C(C)(C)[C@H]5CC[C@@]4(C)[C@]3(C)CC[C@@]2(C(O)CN)CC1. The minimum absolute atomic E-state index is 0.0366. The first-order chi connectivity index (χ1) is 15.8. The average Bonchev–Trinajstić information content (AvgIpc) is 3.18. The van der Waals surface area contributed by atoms with Crippen LogP contribution in [-0.2, 0) is 0 Å². The quantitative estimate of drug-likeness (QED) is 0.415. The normalized spacial score (nSPS) is 50.9. The zero-order valence-electron chi connectivity index (χ0n) is 23.8. The Morgan fingerprint density at radius 2 is 1.56 bits per heavy atom. The highest BCUT2D eigenvalue weighted by molar-refractivity contribution is 5.39. The molecule has 0 heterocycles. The third-order valence-corrected chi connectivity index (χ3v) is 14.1. The van der Waals surface area contributed by atoms with Gasteiger partial charge in [-0.25, -0.2) is 0 Å². The summed E-state index contributed by atoms with van der Waals surface area (Å²) in [4.78, 5) is 0. The van der Waals surface area contributed by atoms with Crippen LogP contribution in [0.5, 0.6) is 0 Å². The number of allylic oxidation sites excluding steroid dienone is 1. The monoisotopic (exact) mass is 469 g/mol. The summed E-state index contributed by atoms with van der Waals surface area (Å²) in [6.45, 7) is 21.1. The van der Waals surface area contributed by atoms with Crippen LogP contribution in [-0.4, -0.2) is 17.8 Å². The molecule has 1 unspecified atom stereocenters. The smallest absolute Gasteiger partial charge is 0.0755 e. The molecule has 0 aromatic rings. The number of rotatable bonds is 3. The van der Waals surface area contributed by atoms with Crippen LogP contribution in [0.2, 0.25) is 0 Å². The van der Waals surface area contributed by atoms with Gasteiger partial charge in [0, 0.05) is 12.0 Å². The maximum atomic E-state index is 11.3. The first-order valence-electron chi connectivity index (χ1n) is 14.9. The van der Waals surface area contributed by atoms with E-state index in [1.54, 1.807) is 11.1 Å². The molecule has 3 N–H and O–H groups in total. The summed E-state index contributed by atoms with van der Waals surface area (Å²) in [5.41, 5.74) is 11.2. The van der Waals surface area contributed by atoms with Crippen LogP contribution >= 0.6 is 0 Å².